The summed E-state index contributed by atoms with van der Waals surface area (Å²) in [5, 5.41) is 5.00. The van der Waals surface area contributed by atoms with Gasteiger partial charge in [-0.1, -0.05) is 24.6 Å². The number of ketones is 1. The maximum atomic E-state index is 13.0. The average Bonchev–Trinajstić information content (AvgIpc) is 3.25. The van der Waals surface area contributed by atoms with Crippen LogP contribution in [0.4, 0.5) is 5.69 Å². The Hall–Kier alpha value is -3.03. The number of rotatable bonds is 7. The number of carbonyl (C=O) groups excluding carboxylic acids is 2. The van der Waals surface area contributed by atoms with E-state index in [2.05, 4.69) is 15.2 Å². The second kappa shape index (κ2) is 9.85. The summed E-state index contributed by atoms with van der Waals surface area (Å²) in [5.41, 5.74) is 1.73. The van der Waals surface area contributed by atoms with E-state index in [1.165, 1.54) is 11.3 Å². The molecule has 31 heavy (non-hydrogen) atoms. The number of anilines is 1. The number of pyridine rings is 1. The van der Waals surface area contributed by atoms with Gasteiger partial charge in [-0.2, -0.15) is 0 Å². The van der Waals surface area contributed by atoms with Crippen molar-refractivity contribution >= 4 is 28.7 Å². The molecule has 160 valence electrons. The molecule has 1 saturated heterocycles. The van der Waals surface area contributed by atoms with Gasteiger partial charge in [-0.05, 0) is 61.5 Å². The fourth-order valence-electron chi connectivity index (χ4n) is 3.70. The molecule has 0 radical (unpaired) electrons. The van der Waals surface area contributed by atoms with E-state index in [0.717, 1.165) is 36.2 Å². The van der Waals surface area contributed by atoms with Gasteiger partial charge in [0.2, 0.25) is 11.8 Å². The summed E-state index contributed by atoms with van der Waals surface area (Å²) in [7, 11) is 0. The molecule has 1 fully saturated rings. The Bertz CT molecular complexity index is 1030. The largest absolute Gasteiger partial charge is 0.439 e. The Balaban J connectivity index is 1.38. The average molecular weight is 436 g/mol. The highest BCUT2D eigenvalue weighted by Crippen LogP contribution is 2.24. The van der Waals surface area contributed by atoms with Crippen LogP contribution in [0.1, 0.15) is 41.4 Å². The Morgan fingerprint density at radius 2 is 2.03 bits per heavy atom. The van der Waals surface area contributed by atoms with Gasteiger partial charge in [0.25, 0.3) is 0 Å². The molecule has 0 unspecified atom stereocenters. The Kier molecular flexibility index (Phi) is 6.74. The first-order valence-electron chi connectivity index (χ1n) is 10.4. The van der Waals surface area contributed by atoms with Gasteiger partial charge < -0.3 is 10.1 Å². The van der Waals surface area contributed by atoms with E-state index >= 15 is 0 Å². The third-order valence-electron chi connectivity index (χ3n) is 5.27. The van der Waals surface area contributed by atoms with Gasteiger partial charge >= 0.3 is 0 Å². The number of piperidine rings is 1. The predicted octanol–water partition coefficient (Wildman–Crippen LogP) is 5.13. The molecule has 0 aliphatic carbocycles. The summed E-state index contributed by atoms with van der Waals surface area (Å²) in [6.45, 7) is 3.12. The maximum Gasteiger partial charge on any atom is 0.241 e. The van der Waals surface area contributed by atoms with Crippen LogP contribution in [0, 0.1) is 0 Å². The van der Waals surface area contributed by atoms with Gasteiger partial charge in [-0.15, -0.1) is 11.3 Å². The number of para-hydroxylation sites is 1. The normalized spacial score (nSPS) is 16.6. The lowest BCUT2D eigenvalue weighted by Gasteiger charge is -2.34. The molecule has 1 aromatic carbocycles. The summed E-state index contributed by atoms with van der Waals surface area (Å²) in [6, 6.07) is 14.7. The Labute approximate surface area is 185 Å². The number of aromatic nitrogens is 1. The number of thiophene rings is 1. The summed E-state index contributed by atoms with van der Waals surface area (Å²) in [5.74, 6) is 1.24. The van der Waals surface area contributed by atoms with E-state index < -0.39 is 0 Å². The zero-order valence-corrected chi connectivity index (χ0v) is 18.2. The smallest absolute Gasteiger partial charge is 0.241 e. The van der Waals surface area contributed by atoms with E-state index in [4.69, 9.17) is 4.74 Å². The lowest BCUT2D eigenvalue weighted by Crippen LogP contribution is -2.46. The molecule has 1 atom stereocenters. The van der Waals surface area contributed by atoms with Crippen molar-refractivity contribution in [2.75, 3.05) is 11.9 Å². The third-order valence-corrected chi connectivity index (χ3v) is 6.35. The van der Waals surface area contributed by atoms with Crippen LogP contribution in [0.15, 0.2) is 60.1 Å². The minimum absolute atomic E-state index is 0.0275. The van der Waals surface area contributed by atoms with Crippen LogP contribution in [-0.4, -0.2) is 34.2 Å². The maximum absolute atomic E-state index is 13.0. The quantitative estimate of drug-likeness (QED) is 0.521. The Morgan fingerprint density at radius 3 is 2.74 bits per heavy atom. The summed E-state index contributed by atoms with van der Waals surface area (Å²) >= 11 is 1.46. The van der Waals surface area contributed by atoms with Crippen LogP contribution in [0.5, 0.6) is 11.6 Å². The van der Waals surface area contributed by atoms with Gasteiger partial charge in [0.05, 0.1) is 22.8 Å². The molecular weight excluding hydrogens is 410 g/mol. The summed E-state index contributed by atoms with van der Waals surface area (Å²) in [4.78, 5) is 31.8. The lowest BCUT2D eigenvalue weighted by atomic mass is 10.0. The molecule has 6 nitrogen and oxygen atoms in total. The molecule has 0 spiro atoms. The van der Waals surface area contributed by atoms with Crippen LogP contribution < -0.4 is 10.1 Å². The fraction of sp³-hybridized carbons (Fsp3) is 0.292. The van der Waals surface area contributed by atoms with Gasteiger partial charge in [0.1, 0.15) is 5.75 Å². The van der Waals surface area contributed by atoms with Gasteiger partial charge in [-0.3, -0.25) is 14.5 Å². The standard InChI is InChI=1S/C24H25N3O3S/c1-17(28)22-13-18(16-31-22)15-27-12-6-5-9-21(27)24(29)26-19-10-11-23(25-14-19)30-20-7-3-2-4-8-20/h2-4,7-8,10-11,13-14,16,21H,5-6,9,12,15H2,1H3,(H,26,29)/t21-/m0/s1. The predicted molar refractivity (Wildman–Crippen MR) is 122 cm³/mol. The van der Waals surface area contributed by atoms with Crippen molar-refractivity contribution in [3.63, 3.8) is 0 Å². The first-order chi connectivity index (χ1) is 15.1. The number of benzene rings is 1. The highest BCUT2D eigenvalue weighted by molar-refractivity contribution is 7.12. The molecule has 4 rings (SSSR count). The van der Waals surface area contributed by atoms with Gasteiger partial charge in [0, 0.05) is 12.6 Å². The van der Waals surface area contributed by atoms with Crippen molar-refractivity contribution < 1.29 is 14.3 Å². The topological polar surface area (TPSA) is 71.5 Å². The van der Waals surface area contributed by atoms with E-state index in [0.29, 0.717) is 23.9 Å². The molecule has 7 heteroatoms. The summed E-state index contributed by atoms with van der Waals surface area (Å²) < 4.78 is 5.70. The van der Waals surface area contributed by atoms with Crippen LogP contribution >= 0.6 is 11.3 Å². The van der Waals surface area contributed by atoms with E-state index in [9.17, 15) is 9.59 Å². The molecule has 1 aliphatic rings. The lowest BCUT2D eigenvalue weighted by molar-refractivity contribution is -0.122. The second-order valence-electron chi connectivity index (χ2n) is 7.65. The second-order valence-corrected chi connectivity index (χ2v) is 8.56. The number of nitrogens with zero attached hydrogens (tertiary/aromatic N) is 2. The van der Waals surface area contributed by atoms with E-state index in [1.807, 2.05) is 41.8 Å². The van der Waals surface area contributed by atoms with Crippen LogP contribution in [-0.2, 0) is 11.3 Å². The first-order valence-corrected chi connectivity index (χ1v) is 11.3. The third kappa shape index (κ3) is 5.57. The number of likely N-dealkylation sites (tertiary alicyclic amines) is 1. The highest BCUT2D eigenvalue weighted by Gasteiger charge is 2.29. The van der Waals surface area contributed by atoms with Crippen molar-refractivity contribution in [3.8, 4) is 11.6 Å². The zero-order chi connectivity index (χ0) is 21.6. The molecule has 0 saturated carbocycles. The van der Waals surface area contributed by atoms with Crippen LogP contribution in [0.3, 0.4) is 0 Å². The molecule has 1 N–H and O–H groups in total. The monoisotopic (exact) mass is 435 g/mol. The molecule has 0 bridgehead atoms. The molecule has 1 amide bonds. The van der Waals surface area contributed by atoms with E-state index in [-0.39, 0.29) is 17.7 Å². The molecule has 1 aliphatic heterocycles. The highest BCUT2D eigenvalue weighted by atomic mass is 32.1. The van der Waals surface area contributed by atoms with Crippen molar-refractivity contribution in [1.82, 2.24) is 9.88 Å². The van der Waals surface area contributed by atoms with Gasteiger partial charge in [0.15, 0.2) is 5.78 Å². The number of ether oxygens (including phenoxy) is 1. The number of hydrogen-bond acceptors (Lipinski definition) is 6. The molecular formula is C24H25N3O3S. The van der Waals surface area contributed by atoms with Crippen molar-refractivity contribution in [1.29, 1.82) is 0 Å². The Morgan fingerprint density at radius 1 is 1.19 bits per heavy atom. The zero-order valence-electron chi connectivity index (χ0n) is 17.4. The summed E-state index contributed by atoms with van der Waals surface area (Å²) in [6.07, 6.45) is 4.53. The minimum atomic E-state index is -0.199. The van der Waals surface area contributed by atoms with Gasteiger partial charge in [-0.25, -0.2) is 4.98 Å². The molecule has 2 aromatic heterocycles. The van der Waals surface area contributed by atoms with Crippen LogP contribution in [0.25, 0.3) is 0 Å². The number of Topliss-reactive ketones (excluding diaryl/α,β-unsaturated/α-hetero) is 1. The van der Waals surface area contributed by atoms with Crippen molar-refractivity contribution in [2.24, 2.45) is 0 Å². The van der Waals surface area contributed by atoms with Crippen molar-refractivity contribution in [3.05, 3.63) is 70.5 Å². The van der Waals surface area contributed by atoms with Crippen molar-refractivity contribution in [2.45, 2.75) is 38.8 Å². The molecule has 3 aromatic rings. The number of hydrogen-bond donors (Lipinski definition) is 1. The number of amides is 1. The minimum Gasteiger partial charge on any atom is -0.439 e. The van der Waals surface area contributed by atoms with Crippen LogP contribution in [0.2, 0.25) is 0 Å². The molecule has 3 heterocycles. The number of nitrogens with one attached hydrogen (secondary N) is 1. The first kappa shape index (κ1) is 21.2. The fourth-order valence-corrected chi connectivity index (χ4v) is 4.51. The SMILES string of the molecule is CC(=O)c1cc(CN2CCCC[C@H]2C(=O)Nc2ccc(Oc3ccccc3)nc2)cs1. The van der Waals surface area contributed by atoms with E-state index in [1.54, 1.807) is 25.3 Å². The number of carbonyl (C=O) groups is 2.